The number of nitrogen functional groups attached to an aromatic ring is 1. The first kappa shape index (κ1) is 15.4. The van der Waals surface area contributed by atoms with Crippen LogP contribution in [0.2, 0.25) is 5.02 Å². The summed E-state index contributed by atoms with van der Waals surface area (Å²) in [5.41, 5.74) is 7.66. The zero-order chi connectivity index (χ0) is 15.5. The Labute approximate surface area is 130 Å². The maximum atomic E-state index is 12.2. The molecular formula is C17H19ClN2O. The summed E-state index contributed by atoms with van der Waals surface area (Å²) in [6, 6.07) is 15.0. The van der Waals surface area contributed by atoms with Gasteiger partial charge in [0.15, 0.2) is 0 Å². The topological polar surface area (TPSA) is 55.1 Å². The monoisotopic (exact) mass is 302 g/mol. The Morgan fingerprint density at radius 2 is 1.86 bits per heavy atom. The van der Waals surface area contributed by atoms with Gasteiger partial charge in [0.2, 0.25) is 0 Å². The third kappa shape index (κ3) is 3.76. The molecule has 3 N–H and O–H groups in total. The average Bonchev–Trinajstić information content (AvgIpc) is 2.48. The second-order valence-corrected chi connectivity index (χ2v) is 6.10. The van der Waals surface area contributed by atoms with Gasteiger partial charge in [-0.15, -0.1) is 0 Å². The van der Waals surface area contributed by atoms with Gasteiger partial charge in [-0.3, -0.25) is 4.79 Å². The van der Waals surface area contributed by atoms with Gasteiger partial charge in [0.25, 0.3) is 5.91 Å². The maximum absolute atomic E-state index is 12.2. The summed E-state index contributed by atoms with van der Waals surface area (Å²) >= 11 is 5.91. The second-order valence-electron chi connectivity index (χ2n) is 5.66. The van der Waals surface area contributed by atoms with Crippen molar-refractivity contribution in [1.29, 1.82) is 0 Å². The third-order valence-corrected chi connectivity index (χ3v) is 3.74. The maximum Gasteiger partial charge on any atom is 0.253 e. The largest absolute Gasteiger partial charge is 0.398 e. The summed E-state index contributed by atoms with van der Waals surface area (Å²) in [6.45, 7) is 4.69. The Kier molecular flexibility index (Phi) is 4.53. The molecule has 0 radical (unpaired) electrons. The van der Waals surface area contributed by atoms with Gasteiger partial charge in [-0.1, -0.05) is 55.8 Å². The van der Waals surface area contributed by atoms with E-state index in [1.807, 2.05) is 18.2 Å². The number of amides is 1. The van der Waals surface area contributed by atoms with Gasteiger partial charge in [0.1, 0.15) is 0 Å². The molecular weight excluding hydrogens is 284 g/mol. The van der Waals surface area contributed by atoms with Gasteiger partial charge in [-0.25, -0.2) is 0 Å². The zero-order valence-electron chi connectivity index (χ0n) is 12.2. The number of halogens is 1. The molecule has 1 amide bonds. The van der Waals surface area contributed by atoms with Gasteiger partial charge < -0.3 is 11.1 Å². The molecule has 2 rings (SSSR count). The molecule has 0 spiro atoms. The van der Waals surface area contributed by atoms with Crippen molar-refractivity contribution in [1.82, 2.24) is 5.32 Å². The molecule has 2 aromatic carbocycles. The van der Waals surface area contributed by atoms with E-state index in [-0.39, 0.29) is 11.3 Å². The van der Waals surface area contributed by atoms with Crippen molar-refractivity contribution in [3.8, 4) is 0 Å². The highest BCUT2D eigenvalue weighted by Gasteiger charge is 2.22. The SMILES string of the molecule is CC(C)(CNC(=O)c1cc(Cl)ccc1N)c1ccccc1. The van der Waals surface area contributed by atoms with Crippen molar-refractivity contribution in [2.24, 2.45) is 0 Å². The number of carbonyl (C=O) groups excluding carboxylic acids is 1. The van der Waals surface area contributed by atoms with Crippen molar-refractivity contribution < 1.29 is 4.79 Å². The van der Waals surface area contributed by atoms with E-state index in [0.29, 0.717) is 22.8 Å². The first-order valence-electron chi connectivity index (χ1n) is 6.79. The Bertz CT molecular complexity index is 638. The summed E-state index contributed by atoms with van der Waals surface area (Å²) in [6.07, 6.45) is 0. The fourth-order valence-corrected chi connectivity index (χ4v) is 2.29. The van der Waals surface area contributed by atoms with E-state index in [4.69, 9.17) is 17.3 Å². The number of nitrogens with one attached hydrogen (secondary N) is 1. The summed E-state index contributed by atoms with van der Waals surface area (Å²) in [7, 11) is 0. The average molecular weight is 303 g/mol. The molecule has 0 saturated carbocycles. The van der Waals surface area contributed by atoms with E-state index in [2.05, 4.69) is 31.3 Å². The van der Waals surface area contributed by atoms with Crippen LogP contribution in [0.25, 0.3) is 0 Å². The Balaban J connectivity index is 2.09. The van der Waals surface area contributed by atoms with E-state index < -0.39 is 0 Å². The first-order chi connectivity index (χ1) is 9.90. The molecule has 0 fully saturated rings. The highest BCUT2D eigenvalue weighted by atomic mass is 35.5. The molecule has 0 aromatic heterocycles. The smallest absolute Gasteiger partial charge is 0.253 e. The van der Waals surface area contributed by atoms with Crippen LogP contribution in [0.5, 0.6) is 0 Å². The van der Waals surface area contributed by atoms with E-state index >= 15 is 0 Å². The summed E-state index contributed by atoms with van der Waals surface area (Å²) < 4.78 is 0. The van der Waals surface area contributed by atoms with Crippen LogP contribution < -0.4 is 11.1 Å². The van der Waals surface area contributed by atoms with Crippen LogP contribution in [0.3, 0.4) is 0 Å². The normalized spacial score (nSPS) is 11.2. The van der Waals surface area contributed by atoms with Gasteiger partial charge >= 0.3 is 0 Å². The van der Waals surface area contributed by atoms with Crippen LogP contribution in [0.4, 0.5) is 5.69 Å². The number of nitrogens with two attached hydrogens (primary N) is 1. The summed E-state index contributed by atoms with van der Waals surface area (Å²) in [4.78, 5) is 12.2. The fourth-order valence-electron chi connectivity index (χ4n) is 2.11. The van der Waals surface area contributed by atoms with Crippen molar-refractivity contribution in [2.75, 3.05) is 12.3 Å². The third-order valence-electron chi connectivity index (χ3n) is 3.51. The predicted molar refractivity (Wildman–Crippen MR) is 87.7 cm³/mol. The van der Waals surface area contributed by atoms with Gasteiger partial charge in [0, 0.05) is 22.7 Å². The van der Waals surface area contributed by atoms with Crippen molar-refractivity contribution in [2.45, 2.75) is 19.3 Å². The minimum Gasteiger partial charge on any atom is -0.398 e. The lowest BCUT2D eigenvalue weighted by atomic mass is 9.84. The molecule has 21 heavy (non-hydrogen) atoms. The van der Waals surface area contributed by atoms with Crippen molar-refractivity contribution in [3.05, 3.63) is 64.7 Å². The Hall–Kier alpha value is -2.00. The molecule has 0 bridgehead atoms. The number of anilines is 1. The van der Waals surface area contributed by atoms with E-state index in [1.165, 1.54) is 5.56 Å². The van der Waals surface area contributed by atoms with Crippen LogP contribution >= 0.6 is 11.6 Å². The van der Waals surface area contributed by atoms with Crippen LogP contribution in [0.15, 0.2) is 48.5 Å². The van der Waals surface area contributed by atoms with Crippen LogP contribution in [0, 0.1) is 0 Å². The predicted octanol–water partition coefficient (Wildman–Crippen LogP) is 3.63. The molecule has 0 unspecified atom stereocenters. The number of carbonyl (C=O) groups is 1. The number of rotatable bonds is 4. The second kappa shape index (κ2) is 6.19. The summed E-state index contributed by atoms with van der Waals surface area (Å²) in [5.74, 6) is -0.209. The molecule has 3 nitrogen and oxygen atoms in total. The molecule has 110 valence electrons. The standard InChI is InChI=1S/C17H19ClN2O/c1-17(2,12-6-4-3-5-7-12)11-20-16(21)14-10-13(18)8-9-15(14)19/h3-10H,11,19H2,1-2H3,(H,20,21). The lowest BCUT2D eigenvalue weighted by molar-refractivity contribution is 0.0946. The van der Waals surface area contributed by atoms with Crippen molar-refractivity contribution >= 4 is 23.2 Å². The molecule has 0 saturated heterocycles. The van der Waals surface area contributed by atoms with Gasteiger partial charge in [-0.05, 0) is 23.8 Å². The van der Waals surface area contributed by atoms with Crippen LogP contribution in [0.1, 0.15) is 29.8 Å². The minimum atomic E-state index is -0.209. The molecule has 0 atom stereocenters. The molecule has 0 aliphatic heterocycles. The lowest BCUT2D eigenvalue weighted by Crippen LogP contribution is -2.36. The first-order valence-corrected chi connectivity index (χ1v) is 7.17. The van der Waals surface area contributed by atoms with E-state index in [0.717, 1.165) is 0 Å². The van der Waals surface area contributed by atoms with E-state index in [1.54, 1.807) is 18.2 Å². The minimum absolute atomic E-state index is 0.162. The number of hydrogen-bond acceptors (Lipinski definition) is 2. The number of benzene rings is 2. The highest BCUT2D eigenvalue weighted by molar-refractivity contribution is 6.31. The van der Waals surface area contributed by atoms with Gasteiger partial charge in [0.05, 0.1) is 5.56 Å². The van der Waals surface area contributed by atoms with E-state index in [9.17, 15) is 4.79 Å². The summed E-state index contributed by atoms with van der Waals surface area (Å²) in [5, 5.41) is 3.43. The molecule has 0 aliphatic rings. The zero-order valence-corrected chi connectivity index (χ0v) is 12.9. The Morgan fingerprint density at radius 3 is 2.52 bits per heavy atom. The Morgan fingerprint density at radius 1 is 1.19 bits per heavy atom. The lowest BCUT2D eigenvalue weighted by Gasteiger charge is -2.25. The highest BCUT2D eigenvalue weighted by Crippen LogP contribution is 2.22. The van der Waals surface area contributed by atoms with Crippen LogP contribution in [-0.2, 0) is 5.41 Å². The fraction of sp³-hybridized carbons (Fsp3) is 0.235. The molecule has 2 aromatic rings. The van der Waals surface area contributed by atoms with Gasteiger partial charge in [-0.2, -0.15) is 0 Å². The quantitative estimate of drug-likeness (QED) is 0.847. The molecule has 0 heterocycles. The molecule has 4 heteroatoms. The number of hydrogen-bond donors (Lipinski definition) is 2. The molecule has 0 aliphatic carbocycles. The van der Waals surface area contributed by atoms with Crippen LogP contribution in [-0.4, -0.2) is 12.5 Å². The van der Waals surface area contributed by atoms with Crippen molar-refractivity contribution in [3.63, 3.8) is 0 Å².